The molecule has 0 atom stereocenters. The standard InChI is InChI=1S/C9H17NO/c1-5-6-8(2)7-9(11)10(3)4/h7H,5-6H2,1-4H3/b8-7+. The summed E-state index contributed by atoms with van der Waals surface area (Å²) in [4.78, 5) is 12.7. The minimum Gasteiger partial charge on any atom is -0.345 e. The predicted molar refractivity (Wildman–Crippen MR) is 47.4 cm³/mol. The highest BCUT2D eigenvalue weighted by Crippen LogP contribution is 2.02. The molecule has 0 bridgehead atoms. The number of amides is 1. The van der Waals surface area contributed by atoms with Gasteiger partial charge in [-0.3, -0.25) is 4.79 Å². The molecule has 0 unspecified atom stereocenters. The van der Waals surface area contributed by atoms with Gasteiger partial charge in [-0.1, -0.05) is 18.9 Å². The van der Waals surface area contributed by atoms with Crippen LogP contribution >= 0.6 is 0 Å². The zero-order valence-corrected chi connectivity index (χ0v) is 7.85. The molecular weight excluding hydrogens is 138 g/mol. The lowest BCUT2D eigenvalue weighted by Gasteiger charge is -2.06. The third-order valence-corrected chi connectivity index (χ3v) is 1.45. The molecular formula is C9H17NO. The molecule has 2 heteroatoms. The summed E-state index contributed by atoms with van der Waals surface area (Å²) < 4.78 is 0. The lowest BCUT2D eigenvalue weighted by Crippen LogP contribution is -2.19. The average Bonchev–Trinajstić information content (AvgIpc) is 1.87. The van der Waals surface area contributed by atoms with E-state index < -0.39 is 0 Å². The fourth-order valence-electron chi connectivity index (χ4n) is 0.806. The molecule has 0 aromatic heterocycles. The Balaban J connectivity index is 3.97. The Kier molecular flexibility index (Phi) is 4.59. The van der Waals surface area contributed by atoms with E-state index in [0.717, 1.165) is 18.4 Å². The summed E-state index contributed by atoms with van der Waals surface area (Å²) >= 11 is 0. The smallest absolute Gasteiger partial charge is 0.245 e. The number of carbonyl (C=O) groups is 1. The van der Waals surface area contributed by atoms with Gasteiger partial charge in [0.05, 0.1) is 0 Å². The van der Waals surface area contributed by atoms with E-state index in [4.69, 9.17) is 0 Å². The Morgan fingerprint density at radius 3 is 2.36 bits per heavy atom. The number of nitrogens with zero attached hydrogens (tertiary/aromatic N) is 1. The van der Waals surface area contributed by atoms with Crippen LogP contribution in [0.25, 0.3) is 0 Å². The van der Waals surface area contributed by atoms with Gasteiger partial charge in [-0.25, -0.2) is 0 Å². The minimum atomic E-state index is 0.0796. The van der Waals surface area contributed by atoms with Crippen molar-refractivity contribution in [1.29, 1.82) is 0 Å². The van der Waals surface area contributed by atoms with Crippen LogP contribution in [-0.4, -0.2) is 24.9 Å². The van der Waals surface area contributed by atoms with Crippen LogP contribution < -0.4 is 0 Å². The van der Waals surface area contributed by atoms with Crippen LogP contribution in [0.1, 0.15) is 26.7 Å². The van der Waals surface area contributed by atoms with Crippen molar-refractivity contribution in [1.82, 2.24) is 4.90 Å². The van der Waals surface area contributed by atoms with Crippen molar-refractivity contribution in [3.63, 3.8) is 0 Å². The highest BCUT2D eigenvalue weighted by molar-refractivity contribution is 5.87. The molecule has 0 fully saturated rings. The molecule has 0 rings (SSSR count). The van der Waals surface area contributed by atoms with Gasteiger partial charge in [0.25, 0.3) is 0 Å². The van der Waals surface area contributed by atoms with Gasteiger partial charge in [0.15, 0.2) is 0 Å². The molecule has 1 amide bonds. The third kappa shape index (κ3) is 4.59. The van der Waals surface area contributed by atoms with Crippen LogP contribution in [0.3, 0.4) is 0 Å². The maximum absolute atomic E-state index is 11.1. The minimum absolute atomic E-state index is 0.0796. The number of hydrogen-bond acceptors (Lipinski definition) is 1. The Morgan fingerprint density at radius 1 is 1.45 bits per heavy atom. The summed E-state index contributed by atoms with van der Waals surface area (Å²) in [7, 11) is 3.52. The number of allylic oxidation sites excluding steroid dienone is 1. The third-order valence-electron chi connectivity index (χ3n) is 1.45. The lowest BCUT2D eigenvalue weighted by molar-refractivity contribution is -0.123. The zero-order chi connectivity index (χ0) is 8.85. The van der Waals surface area contributed by atoms with E-state index in [-0.39, 0.29) is 5.91 Å². The molecule has 0 N–H and O–H groups in total. The van der Waals surface area contributed by atoms with Crippen molar-refractivity contribution in [2.24, 2.45) is 0 Å². The predicted octanol–water partition coefficient (Wildman–Crippen LogP) is 1.82. The molecule has 0 saturated heterocycles. The van der Waals surface area contributed by atoms with Crippen molar-refractivity contribution in [3.8, 4) is 0 Å². The van der Waals surface area contributed by atoms with Crippen molar-refractivity contribution >= 4 is 5.91 Å². The topological polar surface area (TPSA) is 20.3 Å². The summed E-state index contributed by atoms with van der Waals surface area (Å²) in [5.41, 5.74) is 1.16. The molecule has 0 spiro atoms. The first-order valence-electron chi connectivity index (χ1n) is 3.96. The quantitative estimate of drug-likeness (QED) is 0.569. The van der Waals surface area contributed by atoms with Gasteiger partial charge >= 0.3 is 0 Å². The second-order valence-corrected chi connectivity index (χ2v) is 2.97. The molecule has 0 aliphatic carbocycles. The summed E-state index contributed by atoms with van der Waals surface area (Å²) in [6, 6.07) is 0. The van der Waals surface area contributed by atoms with Gasteiger partial charge in [-0.05, 0) is 13.3 Å². The number of rotatable bonds is 3. The van der Waals surface area contributed by atoms with Gasteiger partial charge in [0.2, 0.25) is 5.91 Å². The van der Waals surface area contributed by atoms with Crippen molar-refractivity contribution in [2.45, 2.75) is 26.7 Å². The van der Waals surface area contributed by atoms with E-state index >= 15 is 0 Å². The van der Waals surface area contributed by atoms with Crippen molar-refractivity contribution in [2.75, 3.05) is 14.1 Å². The first-order chi connectivity index (χ1) is 5.07. The molecule has 0 radical (unpaired) electrons. The zero-order valence-electron chi connectivity index (χ0n) is 7.85. The van der Waals surface area contributed by atoms with Crippen molar-refractivity contribution in [3.05, 3.63) is 11.6 Å². The van der Waals surface area contributed by atoms with Gasteiger partial charge < -0.3 is 4.90 Å². The number of carbonyl (C=O) groups excluding carboxylic acids is 1. The molecule has 64 valence electrons. The van der Waals surface area contributed by atoms with Crippen molar-refractivity contribution < 1.29 is 4.79 Å². The first kappa shape index (κ1) is 10.2. The van der Waals surface area contributed by atoms with Crippen LogP contribution in [-0.2, 0) is 4.79 Å². The number of hydrogen-bond donors (Lipinski definition) is 0. The highest BCUT2D eigenvalue weighted by atomic mass is 16.2. The normalized spacial score (nSPS) is 11.5. The van der Waals surface area contributed by atoms with E-state index in [0.29, 0.717) is 0 Å². The lowest BCUT2D eigenvalue weighted by atomic mass is 10.1. The summed E-state index contributed by atoms with van der Waals surface area (Å²) in [6.07, 6.45) is 3.81. The molecule has 0 aliphatic heterocycles. The van der Waals surface area contributed by atoms with Gasteiger partial charge in [0, 0.05) is 20.2 Å². The monoisotopic (exact) mass is 155 g/mol. The van der Waals surface area contributed by atoms with E-state index in [2.05, 4.69) is 6.92 Å². The summed E-state index contributed by atoms with van der Waals surface area (Å²) in [6.45, 7) is 4.10. The summed E-state index contributed by atoms with van der Waals surface area (Å²) in [5, 5.41) is 0. The molecule has 11 heavy (non-hydrogen) atoms. The molecule has 0 aromatic rings. The SMILES string of the molecule is CCC/C(C)=C/C(=O)N(C)C. The van der Waals surface area contributed by atoms with Crippen LogP contribution in [0.5, 0.6) is 0 Å². The molecule has 2 nitrogen and oxygen atoms in total. The molecule has 0 heterocycles. The van der Waals surface area contributed by atoms with Crippen LogP contribution in [0.2, 0.25) is 0 Å². The maximum Gasteiger partial charge on any atom is 0.245 e. The maximum atomic E-state index is 11.1. The Morgan fingerprint density at radius 2 is 2.00 bits per heavy atom. The fraction of sp³-hybridized carbons (Fsp3) is 0.667. The van der Waals surface area contributed by atoms with Gasteiger partial charge in [-0.15, -0.1) is 0 Å². The first-order valence-corrected chi connectivity index (χ1v) is 3.96. The molecule has 0 aromatic carbocycles. The van der Waals surface area contributed by atoms with Crippen LogP contribution in [0.15, 0.2) is 11.6 Å². The average molecular weight is 155 g/mol. The van der Waals surface area contributed by atoms with E-state index in [1.165, 1.54) is 0 Å². The number of likely N-dealkylation sites (N-methyl/N-ethyl adjacent to an activating group) is 1. The highest BCUT2D eigenvalue weighted by Gasteiger charge is 1.98. The molecule has 0 aliphatic rings. The van der Waals surface area contributed by atoms with Gasteiger partial charge in [0.1, 0.15) is 0 Å². The Hall–Kier alpha value is -0.790. The Labute approximate surface area is 68.9 Å². The second kappa shape index (κ2) is 4.94. The Bertz CT molecular complexity index is 159. The van der Waals surface area contributed by atoms with Crippen LogP contribution in [0, 0.1) is 0 Å². The fourth-order valence-corrected chi connectivity index (χ4v) is 0.806. The largest absolute Gasteiger partial charge is 0.345 e. The second-order valence-electron chi connectivity index (χ2n) is 2.97. The van der Waals surface area contributed by atoms with Crippen LogP contribution in [0.4, 0.5) is 0 Å². The molecule has 0 saturated carbocycles. The van der Waals surface area contributed by atoms with E-state index in [1.807, 2.05) is 6.92 Å². The van der Waals surface area contributed by atoms with E-state index in [1.54, 1.807) is 25.1 Å². The van der Waals surface area contributed by atoms with Gasteiger partial charge in [-0.2, -0.15) is 0 Å². The summed E-state index contributed by atoms with van der Waals surface area (Å²) in [5.74, 6) is 0.0796. The van der Waals surface area contributed by atoms with E-state index in [9.17, 15) is 4.79 Å².